The van der Waals surface area contributed by atoms with Crippen molar-refractivity contribution in [1.82, 2.24) is 0 Å². The quantitative estimate of drug-likeness (QED) is 0.296. The maximum absolute atomic E-state index is 10.3. The largest absolute Gasteiger partial charge is 1.00 e. The molecule has 0 aromatic carbocycles. The molecule has 0 heterocycles. The fraction of sp³-hybridized carbons (Fsp3) is 0.750. The van der Waals surface area contributed by atoms with Crippen molar-refractivity contribution in [1.29, 1.82) is 0 Å². The van der Waals surface area contributed by atoms with Crippen LogP contribution in [0.4, 0.5) is 0 Å². The van der Waals surface area contributed by atoms with Crippen LogP contribution in [0.3, 0.4) is 0 Å². The Labute approximate surface area is 109 Å². The van der Waals surface area contributed by atoms with Crippen LogP contribution in [0.1, 0.15) is 8.35 Å². The van der Waals surface area contributed by atoms with Crippen LogP contribution in [-0.4, -0.2) is 31.3 Å². The van der Waals surface area contributed by atoms with Gasteiger partial charge in [-0.1, -0.05) is 0 Å². The van der Waals surface area contributed by atoms with Gasteiger partial charge < -0.3 is 6.16 Å². The van der Waals surface area contributed by atoms with Crippen LogP contribution < -0.4 is 51.4 Å². The van der Waals surface area contributed by atoms with E-state index in [9.17, 15) is 13.2 Å². The van der Waals surface area contributed by atoms with Crippen molar-refractivity contribution in [3.05, 3.63) is 0 Å². The zero-order chi connectivity index (χ0) is 8.20. The molecule has 7 heteroatoms. The summed E-state index contributed by atoms with van der Waals surface area (Å²) in [7, 11) is -4.22. The Morgan fingerprint density at radius 1 is 1.64 bits per heavy atom. The molecule has 0 saturated heterocycles. The van der Waals surface area contributed by atoms with Gasteiger partial charge in [0.15, 0.2) is 5.75 Å². The van der Waals surface area contributed by atoms with Crippen LogP contribution in [0.2, 0.25) is 0 Å². The molecule has 0 aliphatic rings. The van der Waals surface area contributed by atoms with Crippen LogP contribution in [0.5, 0.6) is 0 Å². The summed E-state index contributed by atoms with van der Waals surface area (Å²) in [6.07, 6.45) is 0. The summed E-state index contributed by atoms with van der Waals surface area (Å²) < 4.78 is 32.3. The molecule has 62 valence electrons. The second-order valence-electron chi connectivity index (χ2n) is 1.53. The summed E-state index contributed by atoms with van der Waals surface area (Å²) in [4.78, 5) is 10.3. The van der Waals surface area contributed by atoms with E-state index in [1.165, 1.54) is 0 Å². The van der Waals surface area contributed by atoms with E-state index in [4.69, 9.17) is 4.55 Å². The smallest absolute Gasteiger partial charge is 1.00 e. The van der Waals surface area contributed by atoms with E-state index >= 15 is 0 Å². The summed E-state index contributed by atoms with van der Waals surface area (Å²) >= 11 is 0. The standard InChI is InChI=1S/C4H8O5S.K.H/c1-2-9-4(5)3-10(6,7)8;;/h2-3H2,1H3,(H,6,7,8);;/q;+1;-1. The number of esters is 1. The summed E-state index contributed by atoms with van der Waals surface area (Å²) in [6, 6.07) is 0. The van der Waals surface area contributed by atoms with Crippen molar-refractivity contribution in [2.75, 3.05) is 12.4 Å². The Morgan fingerprint density at radius 2 is 2.09 bits per heavy atom. The Bertz CT molecular complexity index is 213. The summed E-state index contributed by atoms with van der Waals surface area (Å²) in [5.41, 5.74) is 0. The Kier molecular flexibility index (Phi) is 8.62. The molecule has 0 atom stereocenters. The second kappa shape index (κ2) is 6.52. The van der Waals surface area contributed by atoms with Gasteiger partial charge in [-0.3, -0.25) is 9.35 Å². The molecular weight excluding hydrogens is 199 g/mol. The third kappa shape index (κ3) is 11.0. The van der Waals surface area contributed by atoms with Gasteiger partial charge in [-0.15, -0.1) is 0 Å². The van der Waals surface area contributed by atoms with Gasteiger partial charge in [0.1, 0.15) is 0 Å². The van der Waals surface area contributed by atoms with Crippen LogP contribution in [0.25, 0.3) is 0 Å². The monoisotopic (exact) mass is 208 g/mol. The van der Waals surface area contributed by atoms with Crippen LogP contribution in [-0.2, 0) is 19.6 Å². The zero-order valence-corrected chi connectivity index (χ0v) is 10.3. The van der Waals surface area contributed by atoms with Gasteiger partial charge in [0.05, 0.1) is 6.61 Å². The molecule has 0 unspecified atom stereocenters. The predicted octanol–water partition coefficient (Wildman–Crippen LogP) is -3.45. The topological polar surface area (TPSA) is 80.7 Å². The second-order valence-corrected chi connectivity index (χ2v) is 2.98. The minimum absolute atomic E-state index is 0. The molecule has 1 N–H and O–H groups in total. The molecule has 0 rings (SSSR count). The molecule has 5 nitrogen and oxygen atoms in total. The normalized spacial score (nSPS) is 10.0. The number of hydrogen-bond donors (Lipinski definition) is 1. The zero-order valence-electron chi connectivity index (χ0n) is 7.40. The molecule has 0 spiro atoms. The third-order valence-electron chi connectivity index (χ3n) is 0.606. The van der Waals surface area contributed by atoms with Crippen molar-refractivity contribution in [2.24, 2.45) is 0 Å². The third-order valence-corrected chi connectivity index (χ3v) is 1.21. The average molecular weight is 208 g/mol. The van der Waals surface area contributed by atoms with Crippen LogP contribution in [0.15, 0.2) is 0 Å². The predicted molar refractivity (Wildman–Crippen MR) is 34.2 cm³/mol. The van der Waals surface area contributed by atoms with E-state index in [0.717, 1.165) is 0 Å². The van der Waals surface area contributed by atoms with Gasteiger partial charge in [0.25, 0.3) is 10.1 Å². The minimum Gasteiger partial charge on any atom is -1.00 e. The Hall–Kier alpha value is 1.02. The molecule has 0 bridgehead atoms. The van der Waals surface area contributed by atoms with Gasteiger partial charge in [0, 0.05) is 0 Å². The Morgan fingerprint density at radius 3 is 2.36 bits per heavy atom. The van der Waals surface area contributed by atoms with E-state index in [1.54, 1.807) is 6.92 Å². The van der Waals surface area contributed by atoms with Crippen LogP contribution in [0, 0.1) is 0 Å². The first-order chi connectivity index (χ1) is 4.45. The summed E-state index contributed by atoms with van der Waals surface area (Å²) in [6.45, 7) is 1.65. The SMILES string of the molecule is CCOC(=O)CS(=O)(=O)O.[H-].[K+]. The van der Waals surface area contributed by atoms with E-state index in [-0.39, 0.29) is 59.4 Å². The van der Waals surface area contributed by atoms with E-state index < -0.39 is 21.8 Å². The fourth-order valence-corrected chi connectivity index (χ4v) is 0.733. The minimum atomic E-state index is -4.22. The molecular formula is C4H9KO5S. The first-order valence-corrected chi connectivity index (χ1v) is 4.17. The number of ether oxygens (including phenoxy) is 1. The summed E-state index contributed by atoms with van der Waals surface area (Å²) in [5, 5.41) is 0. The number of carbonyl (C=O) groups excluding carboxylic acids is 1. The van der Waals surface area contributed by atoms with Gasteiger partial charge in [-0.05, 0) is 6.92 Å². The molecule has 0 aromatic rings. The fourth-order valence-electron chi connectivity index (χ4n) is 0.352. The average Bonchev–Trinajstić information content (AvgIpc) is 1.59. The van der Waals surface area contributed by atoms with Crippen LogP contribution >= 0.6 is 0 Å². The van der Waals surface area contributed by atoms with Crippen molar-refractivity contribution in [3.63, 3.8) is 0 Å². The van der Waals surface area contributed by atoms with Crippen molar-refractivity contribution < 1.29 is 75.3 Å². The maximum Gasteiger partial charge on any atom is 1.00 e. The van der Waals surface area contributed by atoms with E-state index in [1.807, 2.05) is 0 Å². The van der Waals surface area contributed by atoms with Gasteiger partial charge in [-0.25, -0.2) is 0 Å². The van der Waals surface area contributed by atoms with Crippen molar-refractivity contribution in [3.8, 4) is 0 Å². The number of carbonyl (C=O) groups is 1. The molecule has 0 aliphatic carbocycles. The molecule has 0 amide bonds. The van der Waals surface area contributed by atoms with Crippen molar-refractivity contribution in [2.45, 2.75) is 6.92 Å². The molecule has 0 aromatic heterocycles. The maximum atomic E-state index is 10.3. The number of rotatable bonds is 3. The molecule has 0 saturated carbocycles. The molecule has 0 aliphatic heterocycles. The van der Waals surface area contributed by atoms with Crippen molar-refractivity contribution >= 4 is 16.1 Å². The molecule has 0 fully saturated rings. The first-order valence-electron chi connectivity index (χ1n) is 2.56. The Balaban J connectivity index is -0.000000405. The van der Waals surface area contributed by atoms with Gasteiger partial charge in [-0.2, -0.15) is 8.42 Å². The summed E-state index contributed by atoms with van der Waals surface area (Å²) in [5.74, 6) is -1.91. The van der Waals surface area contributed by atoms with E-state index in [0.29, 0.717) is 0 Å². The molecule has 11 heavy (non-hydrogen) atoms. The first kappa shape index (κ1) is 14.5. The van der Waals surface area contributed by atoms with Gasteiger partial charge in [0.2, 0.25) is 0 Å². The molecule has 0 radical (unpaired) electrons. The van der Waals surface area contributed by atoms with E-state index in [2.05, 4.69) is 4.74 Å². The number of hydrogen-bond acceptors (Lipinski definition) is 4. The van der Waals surface area contributed by atoms with Gasteiger partial charge >= 0.3 is 57.4 Å².